The van der Waals surface area contributed by atoms with Gasteiger partial charge in [0.1, 0.15) is 0 Å². The van der Waals surface area contributed by atoms with Crippen LogP contribution in [0.25, 0.3) is 0 Å². The van der Waals surface area contributed by atoms with Gasteiger partial charge in [0.05, 0.1) is 19.8 Å². The van der Waals surface area contributed by atoms with Crippen LogP contribution < -0.4 is 0 Å². The molecule has 0 bridgehead atoms. The normalized spacial score (nSPS) is 16.2. The zero-order valence-electron chi connectivity index (χ0n) is 11.1. The van der Waals surface area contributed by atoms with Gasteiger partial charge in [0, 0.05) is 6.61 Å². The highest BCUT2D eigenvalue weighted by molar-refractivity contribution is 5.14. The van der Waals surface area contributed by atoms with Gasteiger partial charge in [-0.1, -0.05) is 43.2 Å². The Kier molecular flexibility index (Phi) is 6.24. The van der Waals surface area contributed by atoms with Gasteiger partial charge < -0.3 is 9.47 Å². The smallest absolute Gasteiger partial charge is 0.0700 e. The van der Waals surface area contributed by atoms with E-state index in [0.717, 1.165) is 38.8 Å². The molecule has 100 valence electrons. The number of ether oxygens (including phenoxy) is 2. The van der Waals surface area contributed by atoms with Crippen molar-refractivity contribution in [2.24, 2.45) is 5.92 Å². The fraction of sp³-hybridized carbons (Fsp3) is 0.625. The lowest BCUT2D eigenvalue weighted by Crippen LogP contribution is -2.11. The maximum atomic E-state index is 5.64. The minimum atomic E-state index is 0.722. The molecule has 0 saturated heterocycles. The van der Waals surface area contributed by atoms with E-state index >= 15 is 0 Å². The van der Waals surface area contributed by atoms with Crippen LogP contribution in [0.1, 0.15) is 31.2 Å². The summed E-state index contributed by atoms with van der Waals surface area (Å²) in [4.78, 5) is 0. The van der Waals surface area contributed by atoms with E-state index in [-0.39, 0.29) is 0 Å². The molecule has 2 heteroatoms. The van der Waals surface area contributed by atoms with E-state index in [1.54, 1.807) is 0 Å². The largest absolute Gasteiger partial charge is 0.379 e. The Hall–Kier alpha value is -0.860. The quantitative estimate of drug-likeness (QED) is 0.656. The molecule has 0 spiro atoms. The SMILES string of the molecule is c1ccc(CCOCCOCC2CCCC2)cc1. The maximum absolute atomic E-state index is 5.64. The zero-order chi connectivity index (χ0) is 12.5. The second kappa shape index (κ2) is 8.28. The van der Waals surface area contributed by atoms with E-state index < -0.39 is 0 Å². The summed E-state index contributed by atoms with van der Waals surface area (Å²) < 4.78 is 11.2. The van der Waals surface area contributed by atoms with Gasteiger partial charge in [0.15, 0.2) is 0 Å². The summed E-state index contributed by atoms with van der Waals surface area (Å²) in [6.07, 6.45) is 6.48. The van der Waals surface area contributed by atoms with E-state index in [4.69, 9.17) is 9.47 Å². The van der Waals surface area contributed by atoms with Crippen molar-refractivity contribution in [1.82, 2.24) is 0 Å². The molecule has 1 aliphatic rings. The third-order valence-electron chi connectivity index (χ3n) is 3.58. The lowest BCUT2D eigenvalue weighted by molar-refractivity contribution is 0.0351. The van der Waals surface area contributed by atoms with Crippen LogP contribution in [-0.2, 0) is 15.9 Å². The summed E-state index contributed by atoms with van der Waals surface area (Å²) in [5.74, 6) is 0.814. The Morgan fingerprint density at radius 2 is 1.61 bits per heavy atom. The predicted molar refractivity (Wildman–Crippen MR) is 73.7 cm³/mol. The van der Waals surface area contributed by atoms with Crippen molar-refractivity contribution < 1.29 is 9.47 Å². The van der Waals surface area contributed by atoms with Gasteiger partial charge in [-0.05, 0) is 30.7 Å². The van der Waals surface area contributed by atoms with Crippen molar-refractivity contribution in [3.05, 3.63) is 35.9 Å². The lowest BCUT2D eigenvalue weighted by Gasteiger charge is -2.10. The Labute approximate surface area is 110 Å². The topological polar surface area (TPSA) is 18.5 Å². The third-order valence-corrected chi connectivity index (χ3v) is 3.58. The molecule has 0 radical (unpaired) electrons. The maximum Gasteiger partial charge on any atom is 0.0700 e. The molecule has 0 N–H and O–H groups in total. The Morgan fingerprint density at radius 3 is 2.39 bits per heavy atom. The molecule has 1 aliphatic carbocycles. The fourth-order valence-corrected chi connectivity index (χ4v) is 2.48. The average Bonchev–Trinajstić information content (AvgIpc) is 2.92. The zero-order valence-corrected chi connectivity index (χ0v) is 11.1. The highest BCUT2D eigenvalue weighted by Gasteiger charge is 2.14. The van der Waals surface area contributed by atoms with Gasteiger partial charge in [-0.2, -0.15) is 0 Å². The summed E-state index contributed by atoms with van der Waals surface area (Å²) in [6, 6.07) is 10.5. The molecule has 0 unspecified atom stereocenters. The van der Waals surface area contributed by atoms with Crippen molar-refractivity contribution >= 4 is 0 Å². The van der Waals surface area contributed by atoms with Gasteiger partial charge in [-0.25, -0.2) is 0 Å². The Morgan fingerprint density at radius 1 is 0.889 bits per heavy atom. The highest BCUT2D eigenvalue weighted by Crippen LogP contribution is 2.24. The van der Waals surface area contributed by atoms with Crippen LogP contribution in [0, 0.1) is 5.92 Å². The standard InChI is InChI=1S/C16H24O2/c1-2-6-15(7-3-1)10-11-17-12-13-18-14-16-8-4-5-9-16/h1-3,6-7,16H,4-5,8-14H2. The molecule has 2 nitrogen and oxygen atoms in total. The first-order valence-corrected chi connectivity index (χ1v) is 7.14. The van der Waals surface area contributed by atoms with Crippen molar-refractivity contribution in [1.29, 1.82) is 0 Å². The van der Waals surface area contributed by atoms with Crippen molar-refractivity contribution in [3.63, 3.8) is 0 Å². The van der Waals surface area contributed by atoms with Crippen LogP contribution in [-0.4, -0.2) is 26.4 Å². The molecule has 1 fully saturated rings. The number of benzene rings is 1. The molecule has 1 aromatic carbocycles. The van der Waals surface area contributed by atoms with Crippen molar-refractivity contribution in [3.8, 4) is 0 Å². The van der Waals surface area contributed by atoms with Crippen LogP contribution in [0.4, 0.5) is 0 Å². The molecule has 0 amide bonds. The minimum absolute atomic E-state index is 0.722. The van der Waals surface area contributed by atoms with Gasteiger partial charge in [-0.3, -0.25) is 0 Å². The molecule has 18 heavy (non-hydrogen) atoms. The minimum Gasteiger partial charge on any atom is -0.379 e. The molecule has 0 heterocycles. The van der Waals surface area contributed by atoms with Gasteiger partial charge in [0.25, 0.3) is 0 Å². The monoisotopic (exact) mass is 248 g/mol. The molecular formula is C16H24O2. The van der Waals surface area contributed by atoms with E-state index in [1.807, 2.05) is 6.07 Å². The van der Waals surface area contributed by atoms with Crippen molar-refractivity contribution in [2.45, 2.75) is 32.1 Å². The van der Waals surface area contributed by atoms with Gasteiger partial charge >= 0.3 is 0 Å². The molecule has 1 aromatic rings. The van der Waals surface area contributed by atoms with Gasteiger partial charge in [-0.15, -0.1) is 0 Å². The first-order valence-electron chi connectivity index (χ1n) is 7.14. The van der Waals surface area contributed by atoms with E-state index in [9.17, 15) is 0 Å². The molecule has 1 saturated carbocycles. The van der Waals surface area contributed by atoms with Crippen LogP contribution in [0.3, 0.4) is 0 Å². The number of hydrogen-bond acceptors (Lipinski definition) is 2. The third kappa shape index (κ3) is 5.19. The van der Waals surface area contributed by atoms with E-state index in [1.165, 1.54) is 31.2 Å². The second-order valence-corrected chi connectivity index (χ2v) is 5.07. The number of rotatable bonds is 8. The second-order valence-electron chi connectivity index (χ2n) is 5.07. The number of hydrogen-bond donors (Lipinski definition) is 0. The Bertz CT molecular complexity index is 304. The molecule has 2 rings (SSSR count). The molecule has 0 atom stereocenters. The fourth-order valence-electron chi connectivity index (χ4n) is 2.48. The first kappa shape index (κ1) is 13.6. The van der Waals surface area contributed by atoms with E-state index in [0.29, 0.717) is 0 Å². The van der Waals surface area contributed by atoms with Crippen LogP contribution in [0.2, 0.25) is 0 Å². The molecular weight excluding hydrogens is 224 g/mol. The summed E-state index contributed by atoms with van der Waals surface area (Å²) in [5, 5.41) is 0. The van der Waals surface area contributed by atoms with Gasteiger partial charge in [0.2, 0.25) is 0 Å². The van der Waals surface area contributed by atoms with E-state index in [2.05, 4.69) is 24.3 Å². The van der Waals surface area contributed by atoms with Crippen LogP contribution >= 0.6 is 0 Å². The van der Waals surface area contributed by atoms with Crippen molar-refractivity contribution in [2.75, 3.05) is 26.4 Å². The predicted octanol–water partition coefficient (Wildman–Crippen LogP) is 3.45. The Balaban J connectivity index is 1.42. The molecule has 0 aliphatic heterocycles. The molecule has 0 aromatic heterocycles. The summed E-state index contributed by atoms with van der Waals surface area (Å²) >= 11 is 0. The lowest BCUT2D eigenvalue weighted by atomic mass is 10.1. The first-order chi connectivity index (χ1) is 8.95. The summed E-state index contributed by atoms with van der Waals surface area (Å²) in [7, 11) is 0. The average molecular weight is 248 g/mol. The van der Waals surface area contributed by atoms with Crippen LogP contribution in [0.5, 0.6) is 0 Å². The highest BCUT2D eigenvalue weighted by atomic mass is 16.5. The summed E-state index contributed by atoms with van der Waals surface area (Å²) in [6.45, 7) is 3.18. The summed E-state index contributed by atoms with van der Waals surface area (Å²) in [5.41, 5.74) is 1.34. The van der Waals surface area contributed by atoms with Crippen LogP contribution in [0.15, 0.2) is 30.3 Å².